The van der Waals surface area contributed by atoms with E-state index in [0.717, 1.165) is 31.6 Å². The summed E-state index contributed by atoms with van der Waals surface area (Å²) in [5, 5.41) is 13.2. The summed E-state index contributed by atoms with van der Waals surface area (Å²) in [5.74, 6) is 1.70. The van der Waals surface area contributed by atoms with Gasteiger partial charge in [-0.15, -0.1) is 0 Å². The minimum Gasteiger partial charge on any atom is -0.373 e. The molecule has 9 heteroatoms. The van der Waals surface area contributed by atoms with Crippen LogP contribution in [0.5, 0.6) is 0 Å². The molecule has 0 bridgehead atoms. The van der Waals surface area contributed by atoms with Crippen LogP contribution in [0.3, 0.4) is 0 Å². The molecule has 0 saturated carbocycles. The minimum atomic E-state index is -0.240. The molecule has 0 aliphatic carbocycles. The molecule has 0 unspecified atom stereocenters. The second-order valence-corrected chi connectivity index (χ2v) is 6.58. The van der Waals surface area contributed by atoms with Crippen LogP contribution in [0.15, 0.2) is 30.5 Å². The fraction of sp³-hybridized carbons (Fsp3) is 0.368. The Bertz CT molecular complexity index is 995. The van der Waals surface area contributed by atoms with Crippen molar-refractivity contribution in [2.24, 2.45) is 0 Å². The predicted octanol–water partition coefficient (Wildman–Crippen LogP) is 2.51. The zero-order valence-corrected chi connectivity index (χ0v) is 15.9. The summed E-state index contributed by atoms with van der Waals surface area (Å²) < 4.78 is 7.43. The molecule has 9 nitrogen and oxygen atoms in total. The Morgan fingerprint density at radius 1 is 1.21 bits per heavy atom. The van der Waals surface area contributed by atoms with Crippen LogP contribution in [0.1, 0.15) is 41.4 Å². The van der Waals surface area contributed by atoms with Crippen LogP contribution in [-0.4, -0.2) is 46.2 Å². The third-order valence-electron chi connectivity index (χ3n) is 4.74. The average Bonchev–Trinajstić information content (AvgIpc) is 3.17. The molecule has 0 spiro atoms. The number of nitrogens with one attached hydrogen (secondary N) is 3. The van der Waals surface area contributed by atoms with Crippen LogP contribution in [0.2, 0.25) is 0 Å². The van der Waals surface area contributed by atoms with E-state index < -0.39 is 0 Å². The number of aromatic nitrogens is 4. The van der Waals surface area contributed by atoms with Crippen molar-refractivity contribution in [3.63, 3.8) is 0 Å². The van der Waals surface area contributed by atoms with Crippen molar-refractivity contribution < 1.29 is 9.53 Å². The van der Waals surface area contributed by atoms with Gasteiger partial charge in [-0.1, -0.05) is 6.07 Å². The smallest absolute Gasteiger partial charge is 0.256 e. The Balaban J connectivity index is 1.67. The lowest BCUT2D eigenvalue weighted by Crippen LogP contribution is -2.18. The first-order chi connectivity index (χ1) is 13.7. The van der Waals surface area contributed by atoms with E-state index in [4.69, 9.17) is 9.72 Å². The quantitative estimate of drug-likeness (QED) is 0.623. The number of hydrogen-bond acceptors (Lipinski definition) is 7. The molecule has 1 atom stereocenters. The van der Waals surface area contributed by atoms with Gasteiger partial charge in [-0.2, -0.15) is 9.61 Å². The maximum atomic E-state index is 12.1. The molecule has 1 fully saturated rings. The fourth-order valence-electron chi connectivity index (χ4n) is 3.31. The topological polar surface area (TPSA) is 105 Å². The second kappa shape index (κ2) is 7.81. The average molecular weight is 381 g/mol. The van der Waals surface area contributed by atoms with E-state index in [-0.39, 0.29) is 12.0 Å². The third kappa shape index (κ3) is 3.48. The van der Waals surface area contributed by atoms with Gasteiger partial charge < -0.3 is 20.7 Å². The van der Waals surface area contributed by atoms with E-state index in [9.17, 15) is 4.79 Å². The molecule has 1 saturated heterocycles. The zero-order valence-electron chi connectivity index (χ0n) is 15.9. The summed E-state index contributed by atoms with van der Waals surface area (Å²) in [4.78, 5) is 21.4. The fourth-order valence-corrected chi connectivity index (χ4v) is 3.31. The number of anilines is 3. The van der Waals surface area contributed by atoms with Crippen molar-refractivity contribution in [2.75, 3.05) is 31.3 Å². The summed E-state index contributed by atoms with van der Waals surface area (Å²) in [6, 6.07) is 7.64. The van der Waals surface area contributed by atoms with Gasteiger partial charge in [0.15, 0.2) is 5.65 Å². The molecule has 4 rings (SSSR count). The highest BCUT2D eigenvalue weighted by molar-refractivity contribution is 5.99. The predicted molar refractivity (Wildman–Crippen MR) is 106 cm³/mol. The molecule has 146 valence electrons. The highest BCUT2D eigenvalue weighted by atomic mass is 16.5. The molecular formula is C19H23N7O2. The Morgan fingerprint density at radius 3 is 2.86 bits per heavy atom. The Morgan fingerprint density at radius 2 is 2.11 bits per heavy atom. The van der Waals surface area contributed by atoms with Gasteiger partial charge >= 0.3 is 0 Å². The van der Waals surface area contributed by atoms with Gasteiger partial charge in [-0.25, -0.2) is 9.97 Å². The Kier molecular flexibility index (Phi) is 5.07. The molecule has 1 aliphatic rings. The van der Waals surface area contributed by atoms with Gasteiger partial charge in [0.1, 0.15) is 23.0 Å². The van der Waals surface area contributed by atoms with Gasteiger partial charge in [0.25, 0.3) is 5.91 Å². The summed E-state index contributed by atoms with van der Waals surface area (Å²) >= 11 is 0. The molecule has 1 aliphatic heterocycles. The first kappa shape index (κ1) is 18.2. The first-order valence-electron chi connectivity index (χ1n) is 9.34. The molecule has 0 radical (unpaired) electrons. The maximum absolute atomic E-state index is 12.1. The van der Waals surface area contributed by atoms with Crippen LogP contribution in [0, 0.1) is 0 Å². The van der Waals surface area contributed by atoms with E-state index in [1.807, 2.05) is 24.3 Å². The number of ether oxygens (including phenoxy) is 1. The first-order valence-corrected chi connectivity index (χ1v) is 9.34. The summed E-state index contributed by atoms with van der Waals surface area (Å²) in [5.41, 5.74) is 1.77. The highest BCUT2D eigenvalue weighted by Crippen LogP contribution is 2.28. The number of hydrogen-bond donors (Lipinski definition) is 3. The normalized spacial score (nSPS) is 16.7. The lowest BCUT2D eigenvalue weighted by atomic mass is 10.1. The lowest BCUT2D eigenvalue weighted by molar-refractivity contribution is 0.0124. The molecule has 4 heterocycles. The number of carbonyl (C=O) groups excluding carboxylic acids is 1. The summed E-state index contributed by atoms with van der Waals surface area (Å²) in [7, 11) is 3.37. The Labute approximate surface area is 162 Å². The number of nitrogens with zero attached hydrogens (tertiary/aromatic N) is 4. The minimum absolute atomic E-state index is 0.0356. The van der Waals surface area contributed by atoms with Gasteiger partial charge in [0.2, 0.25) is 0 Å². The molecule has 1 amide bonds. The van der Waals surface area contributed by atoms with Gasteiger partial charge in [-0.05, 0) is 31.4 Å². The molecular weight excluding hydrogens is 358 g/mol. The summed E-state index contributed by atoms with van der Waals surface area (Å²) in [6.45, 7) is 0.775. The van der Waals surface area contributed by atoms with Crippen LogP contribution < -0.4 is 16.0 Å². The molecule has 3 aromatic heterocycles. The number of amides is 1. The molecule has 3 aromatic rings. The highest BCUT2D eigenvalue weighted by Gasteiger charge is 2.19. The van der Waals surface area contributed by atoms with Crippen molar-refractivity contribution in [3.8, 4) is 0 Å². The largest absolute Gasteiger partial charge is 0.373 e. The zero-order chi connectivity index (χ0) is 19.5. The van der Waals surface area contributed by atoms with E-state index in [2.05, 4.69) is 26.0 Å². The van der Waals surface area contributed by atoms with Crippen molar-refractivity contribution in [3.05, 3.63) is 41.7 Å². The van der Waals surface area contributed by atoms with E-state index in [1.54, 1.807) is 18.6 Å². The van der Waals surface area contributed by atoms with E-state index >= 15 is 0 Å². The van der Waals surface area contributed by atoms with Crippen molar-refractivity contribution in [1.29, 1.82) is 0 Å². The van der Waals surface area contributed by atoms with Gasteiger partial charge in [0.05, 0.1) is 18.0 Å². The monoisotopic (exact) mass is 381 g/mol. The van der Waals surface area contributed by atoms with Gasteiger partial charge in [-0.3, -0.25) is 4.79 Å². The van der Waals surface area contributed by atoms with Crippen molar-refractivity contribution >= 4 is 29.0 Å². The number of fused-ring (bicyclic) bond motifs is 1. The van der Waals surface area contributed by atoms with E-state index in [1.165, 1.54) is 6.20 Å². The van der Waals surface area contributed by atoms with E-state index in [0.29, 0.717) is 28.7 Å². The Hall–Kier alpha value is -3.20. The number of carbonyl (C=O) groups is 1. The third-order valence-corrected chi connectivity index (χ3v) is 4.74. The maximum Gasteiger partial charge on any atom is 0.256 e. The standard InChI is InChI=1S/C19H23N7O2/c1-20-17-10-16(25-18-12(19(27)21-2)11-22-26(17)18)24-15-8-5-6-13(23-15)14-7-3-4-9-28-14/h5-6,8,10-11,14,20H,3-4,7,9H2,1-2H3,(H,21,27)(H,23,24,25)/t14-/m1/s1. The lowest BCUT2D eigenvalue weighted by Gasteiger charge is -2.22. The van der Waals surface area contributed by atoms with Crippen LogP contribution in [-0.2, 0) is 4.74 Å². The van der Waals surface area contributed by atoms with Crippen LogP contribution in [0.4, 0.5) is 17.5 Å². The SMILES string of the molecule is CNC(=O)c1cnn2c(NC)cc(Nc3cccc([C@H]4CCCCO4)n3)nc12. The van der Waals surface area contributed by atoms with Crippen molar-refractivity contribution in [2.45, 2.75) is 25.4 Å². The van der Waals surface area contributed by atoms with Gasteiger partial charge in [0, 0.05) is 26.8 Å². The number of pyridine rings is 1. The molecule has 0 aromatic carbocycles. The summed E-state index contributed by atoms with van der Waals surface area (Å²) in [6.07, 6.45) is 4.77. The van der Waals surface area contributed by atoms with Crippen LogP contribution >= 0.6 is 0 Å². The number of rotatable bonds is 5. The molecule has 28 heavy (non-hydrogen) atoms. The second-order valence-electron chi connectivity index (χ2n) is 6.58. The molecule has 3 N–H and O–H groups in total. The van der Waals surface area contributed by atoms with Crippen LogP contribution in [0.25, 0.3) is 5.65 Å². The van der Waals surface area contributed by atoms with Crippen molar-refractivity contribution in [1.82, 2.24) is 24.9 Å².